The molecule has 2 aromatic carbocycles. The van der Waals surface area contributed by atoms with Crippen molar-refractivity contribution in [3.8, 4) is 0 Å². The second-order valence-corrected chi connectivity index (χ2v) is 9.35. The maximum atomic E-state index is 13.1. The number of benzene rings is 2. The van der Waals surface area contributed by atoms with Crippen molar-refractivity contribution in [2.75, 3.05) is 36.0 Å². The van der Waals surface area contributed by atoms with E-state index in [1.165, 1.54) is 16.9 Å². The predicted molar refractivity (Wildman–Crippen MR) is 154 cm³/mol. The molecule has 0 saturated carbocycles. The van der Waals surface area contributed by atoms with Gasteiger partial charge in [-0.25, -0.2) is 4.98 Å². The third-order valence-corrected chi connectivity index (χ3v) is 6.84. The Balaban J connectivity index is 0.00000156. The third-order valence-electron chi connectivity index (χ3n) is 6.84. The number of aryl methyl sites for hydroxylation is 3. The van der Waals surface area contributed by atoms with Crippen molar-refractivity contribution in [2.45, 2.75) is 47.6 Å². The SMILES string of the molecule is CC.CCc1nc2cc(C)ccn2c1C(=O)NCc1ccc(N2CCN(c3ccc(C)cc3)CC2)cc1. The first-order chi connectivity index (χ1) is 18.0. The minimum absolute atomic E-state index is 0.0884. The van der Waals surface area contributed by atoms with Crippen LogP contribution in [0, 0.1) is 13.8 Å². The summed E-state index contributed by atoms with van der Waals surface area (Å²) in [5.74, 6) is -0.0884. The number of amides is 1. The topological polar surface area (TPSA) is 52.9 Å². The van der Waals surface area contributed by atoms with Crippen LogP contribution in [0.5, 0.6) is 0 Å². The van der Waals surface area contributed by atoms with Gasteiger partial charge < -0.3 is 15.1 Å². The number of nitrogens with one attached hydrogen (secondary N) is 1. The maximum Gasteiger partial charge on any atom is 0.270 e. The van der Waals surface area contributed by atoms with Gasteiger partial charge in [0.25, 0.3) is 5.91 Å². The van der Waals surface area contributed by atoms with E-state index in [0.29, 0.717) is 12.2 Å². The van der Waals surface area contributed by atoms with E-state index in [2.05, 4.69) is 75.6 Å². The summed E-state index contributed by atoms with van der Waals surface area (Å²) in [4.78, 5) is 22.6. The van der Waals surface area contributed by atoms with Crippen molar-refractivity contribution in [3.05, 3.63) is 94.9 Å². The van der Waals surface area contributed by atoms with Crippen LogP contribution in [0.4, 0.5) is 11.4 Å². The minimum atomic E-state index is -0.0884. The Morgan fingerprint density at radius 1 is 0.838 bits per heavy atom. The van der Waals surface area contributed by atoms with Gasteiger partial charge in [0.05, 0.1) is 5.69 Å². The lowest BCUT2D eigenvalue weighted by Crippen LogP contribution is -2.46. The number of pyridine rings is 1. The molecule has 0 aliphatic carbocycles. The number of carbonyl (C=O) groups is 1. The highest BCUT2D eigenvalue weighted by Gasteiger charge is 2.19. The molecule has 0 unspecified atom stereocenters. The third kappa shape index (κ3) is 5.96. The first-order valence-corrected chi connectivity index (χ1v) is 13.4. The van der Waals surface area contributed by atoms with Crippen LogP contribution in [0.25, 0.3) is 5.65 Å². The van der Waals surface area contributed by atoms with E-state index < -0.39 is 0 Å². The zero-order chi connectivity index (χ0) is 26.4. The molecule has 1 N–H and O–H groups in total. The van der Waals surface area contributed by atoms with E-state index >= 15 is 0 Å². The van der Waals surface area contributed by atoms with Gasteiger partial charge in [-0.05, 0) is 67.8 Å². The van der Waals surface area contributed by atoms with Crippen molar-refractivity contribution < 1.29 is 4.79 Å². The van der Waals surface area contributed by atoms with Crippen molar-refractivity contribution in [2.24, 2.45) is 0 Å². The fourth-order valence-electron chi connectivity index (χ4n) is 4.75. The first kappa shape index (κ1) is 26.3. The molecule has 194 valence electrons. The van der Waals surface area contributed by atoms with Crippen LogP contribution in [-0.2, 0) is 13.0 Å². The summed E-state index contributed by atoms with van der Waals surface area (Å²) in [6.07, 6.45) is 2.65. The fourth-order valence-corrected chi connectivity index (χ4v) is 4.75. The Labute approximate surface area is 220 Å². The molecule has 1 saturated heterocycles. The quantitative estimate of drug-likeness (QED) is 0.366. The van der Waals surface area contributed by atoms with Crippen LogP contribution in [0.15, 0.2) is 66.9 Å². The normalized spacial score (nSPS) is 13.3. The van der Waals surface area contributed by atoms with Crippen LogP contribution in [-0.4, -0.2) is 41.5 Å². The molecule has 5 rings (SSSR count). The standard InChI is InChI=1S/C29H33N5O.C2H6/c1-4-26-28(34-14-13-22(3)19-27(34)31-26)29(35)30-20-23-7-11-25(12-8-23)33-17-15-32(16-18-33)24-9-5-21(2)6-10-24;1-2/h5-14,19H,4,15-18,20H2,1-3H3,(H,30,35);1-2H3. The molecule has 6 nitrogen and oxygen atoms in total. The molecular formula is C31H39N5O. The summed E-state index contributed by atoms with van der Waals surface area (Å²) in [6.45, 7) is 14.7. The molecule has 1 aliphatic heterocycles. The van der Waals surface area contributed by atoms with Crippen molar-refractivity contribution in [1.29, 1.82) is 0 Å². The van der Waals surface area contributed by atoms with Crippen molar-refractivity contribution in [1.82, 2.24) is 14.7 Å². The molecule has 1 amide bonds. The highest BCUT2D eigenvalue weighted by molar-refractivity contribution is 5.94. The second kappa shape index (κ2) is 12.0. The summed E-state index contributed by atoms with van der Waals surface area (Å²) in [6, 6.07) is 21.4. The molecule has 1 aliphatic rings. The zero-order valence-electron chi connectivity index (χ0n) is 22.8. The molecule has 0 bridgehead atoms. The van der Waals surface area contributed by atoms with E-state index in [1.54, 1.807) is 0 Å². The van der Waals surface area contributed by atoms with Gasteiger partial charge in [-0.1, -0.05) is 50.6 Å². The highest BCUT2D eigenvalue weighted by Crippen LogP contribution is 2.22. The molecule has 1 fully saturated rings. The van der Waals surface area contributed by atoms with Crippen molar-refractivity contribution in [3.63, 3.8) is 0 Å². The number of hydrogen-bond donors (Lipinski definition) is 1. The first-order valence-electron chi connectivity index (χ1n) is 13.4. The number of carbonyl (C=O) groups excluding carboxylic acids is 1. The lowest BCUT2D eigenvalue weighted by Gasteiger charge is -2.37. The van der Waals surface area contributed by atoms with Crippen LogP contribution < -0.4 is 15.1 Å². The Kier molecular flexibility index (Phi) is 8.49. The number of piperazine rings is 1. The number of hydrogen-bond acceptors (Lipinski definition) is 4. The molecule has 0 atom stereocenters. The average molecular weight is 498 g/mol. The Bertz CT molecular complexity index is 1320. The molecule has 4 aromatic rings. The number of nitrogens with zero attached hydrogens (tertiary/aromatic N) is 4. The smallest absolute Gasteiger partial charge is 0.270 e. The number of rotatable bonds is 6. The summed E-state index contributed by atoms with van der Waals surface area (Å²) in [5.41, 5.74) is 8.32. The van der Waals surface area contributed by atoms with Crippen LogP contribution in [0.1, 0.15) is 53.6 Å². The maximum absolute atomic E-state index is 13.1. The average Bonchev–Trinajstić information content (AvgIpc) is 3.31. The number of imidazole rings is 1. The highest BCUT2D eigenvalue weighted by atomic mass is 16.1. The predicted octanol–water partition coefficient (Wildman–Crippen LogP) is 5.80. The Morgan fingerprint density at radius 2 is 1.41 bits per heavy atom. The summed E-state index contributed by atoms with van der Waals surface area (Å²) < 4.78 is 1.89. The summed E-state index contributed by atoms with van der Waals surface area (Å²) in [5, 5.41) is 3.09. The van der Waals surface area contributed by atoms with Gasteiger partial charge in [-0.15, -0.1) is 0 Å². The molecule has 0 radical (unpaired) electrons. The lowest BCUT2D eigenvalue weighted by molar-refractivity contribution is 0.0944. The molecule has 6 heteroatoms. The zero-order valence-corrected chi connectivity index (χ0v) is 22.8. The monoisotopic (exact) mass is 497 g/mol. The van der Waals surface area contributed by atoms with Gasteiger partial charge in [0.1, 0.15) is 11.3 Å². The molecule has 0 spiro atoms. The van der Waals surface area contributed by atoms with Gasteiger partial charge in [0.15, 0.2) is 0 Å². The molecule has 2 aromatic heterocycles. The van der Waals surface area contributed by atoms with Gasteiger partial charge >= 0.3 is 0 Å². The van der Waals surface area contributed by atoms with E-state index in [-0.39, 0.29) is 5.91 Å². The van der Waals surface area contributed by atoms with E-state index in [0.717, 1.165) is 55.1 Å². The van der Waals surface area contributed by atoms with Gasteiger partial charge in [0, 0.05) is 50.3 Å². The Hall–Kier alpha value is -3.80. The van der Waals surface area contributed by atoms with Gasteiger partial charge in [-0.3, -0.25) is 9.20 Å². The number of fused-ring (bicyclic) bond motifs is 1. The number of aromatic nitrogens is 2. The lowest BCUT2D eigenvalue weighted by atomic mass is 10.1. The van der Waals surface area contributed by atoms with Crippen LogP contribution >= 0.6 is 0 Å². The molecule has 3 heterocycles. The van der Waals surface area contributed by atoms with Crippen LogP contribution in [0.2, 0.25) is 0 Å². The number of anilines is 2. The minimum Gasteiger partial charge on any atom is -0.368 e. The van der Waals surface area contributed by atoms with E-state index in [9.17, 15) is 4.79 Å². The largest absolute Gasteiger partial charge is 0.368 e. The van der Waals surface area contributed by atoms with E-state index in [1.807, 2.05) is 50.4 Å². The van der Waals surface area contributed by atoms with Gasteiger partial charge in [-0.2, -0.15) is 0 Å². The molecular weight excluding hydrogens is 458 g/mol. The van der Waals surface area contributed by atoms with E-state index in [4.69, 9.17) is 0 Å². The van der Waals surface area contributed by atoms with Gasteiger partial charge in [0.2, 0.25) is 0 Å². The molecule has 37 heavy (non-hydrogen) atoms. The fraction of sp³-hybridized carbons (Fsp3) is 0.355. The summed E-state index contributed by atoms with van der Waals surface area (Å²) in [7, 11) is 0. The van der Waals surface area contributed by atoms with Crippen molar-refractivity contribution >= 4 is 22.9 Å². The summed E-state index contributed by atoms with van der Waals surface area (Å²) >= 11 is 0. The second-order valence-electron chi connectivity index (χ2n) is 9.35. The Morgan fingerprint density at radius 3 is 1.97 bits per heavy atom. The van der Waals surface area contributed by atoms with Crippen LogP contribution in [0.3, 0.4) is 0 Å².